The Hall–Kier alpha value is -5.87. The van der Waals surface area contributed by atoms with Crippen LogP contribution in [0.1, 0.15) is 96.7 Å². The van der Waals surface area contributed by atoms with E-state index in [0.29, 0.717) is 36.8 Å². The smallest absolute Gasteiger partial charge is 0.328 e. The number of benzene rings is 4. The largest absolute Gasteiger partial charge is 0.494 e. The van der Waals surface area contributed by atoms with Crippen LogP contribution in [-0.2, 0) is 33.7 Å². The van der Waals surface area contributed by atoms with Gasteiger partial charge in [0, 0.05) is 36.5 Å². The highest BCUT2D eigenvalue weighted by Gasteiger charge is 2.39. The molecule has 0 saturated heterocycles. The summed E-state index contributed by atoms with van der Waals surface area (Å²) < 4.78 is 30.4. The van der Waals surface area contributed by atoms with Gasteiger partial charge in [-0.05, 0) is 109 Å². The Bertz CT molecular complexity index is 2270. The number of carbonyl (C=O) groups is 2. The lowest BCUT2D eigenvalue weighted by molar-refractivity contribution is -0.146. The molecular weight excluding hydrogens is 767 g/mol. The van der Waals surface area contributed by atoms with Gasteiger partial charge < -0.3 is 29.0 Å². The molecule has 0 bridgehead atoms. The Morgan fingerprint density at radius 2 is 1.64 bits per heavy atom. The van der Waals surface area contributed by atoms with Crippen molar-refractivity contribution < 1.29 is 33.3 Å². The van der Waals surface area contributed by atoms with Crippen LogP contribution in [-0.4, -0.2) is 54.2 Å². The van der Waals surface area contributed by atoms with Crippen LogP contribution in [0, 0.1) is 19.8 Å². The fraction of sp³-hybridized carbons (Fsp3) is 0.392. The first-order chi connectivity index (χ1) is 29.8. The Labute approximate surface area is 359 Å². The minimum absolute atomic E-state index is 0.0538. The number of nitrogens with zero attached hydrogens (tertiary/aromatic N) is 2. The predicted molar refractivity (Wildman–Crippen MR) is 234 cm³/mol. The summed E-state index contributed by atoms with van der Waals surface area (Å²) in [5.74, 6) is 3.68. The fourth-order valence-electron chi connectivity index (χ4n) is 9.05. The molecule has 10 nitrogen and oxygen atoms in total. The average Bonchev–Trinajstić information content (AvgIpc) is 3.81. The van der Waals surface area contributed by atoms with Gasteiger partial charge >= 0.3 is 5.97 Å². The molecule has 4 atom stereocenters. The number of rotatable bonds is 15. The first-order valence-corrected chi connectivity index (χ1v) is 21.8. The molecule has 1 saturated carbocycles. The Balaban J connectivity index is 0.983. The SMILES string of the molecule is CC[C@@H](c1ccccc1)N1Cc2cc3c(cc2C[C@H]1C(=O)NC(Cc1ccc(Oc2ccnc(C)c2C)cc1)C(=O)OC)OC[C@H](c1ccc(OCCC2CCCC2)cc1)O3. The quantitative estimate of drug-likeness (QED) is 0.103. The van der Waals surface area contributed by atoms with Crippen LogP contribution in [0.3, 0.4) is 0 Å². The topological polar surface area (TPSA) is 108 Å². The number of aryl methyl sites for hydroxylation is 1. The van der Waals surface area contributed by atoms with Crippen LogP contribution in [0.25, 0.3) is 0 Å². The van der Waals surface area contributed by atoms with Crippen molar-refractivity contribution in [2.24, 2.45) is 5.92 Å². The van der Waals surface area contributed by atoms with E-state index < -0.39 is 18.1 Å². The van der Waals surface area contributed by atoms with Crippen LogP contribution < -0.4 is 24.3 Å². The van der Waals surface area contributed by atoms with Crippen molar-refractivity contribution in [3.8, 4) is 28.7 Å². The van der Waals surface area contributed by atoms with Gasteiger partial charge in [-0.1, -0.05) is 87.2 Å². The van der Waals surface area contributed by atoms with Crippen molar-refractivity contribution in [2.75, 3.05) is 20.3 Å². The maximum atomic E-state index is 14.6. The number of amides is 1. The van der Waals surface area contributed by atoms with Crippen LogP contribution >= 0.6 is 0 Å². The highest BCUT2D eigenvalue weighted by atomic mass is 16.6. The maximum absolute atomic E-state index is 14.6. The van der Waals surface area contributed by atoms with Gasteiger partial charge in [-0.3, -0.25) is 14.7 Å². The Kier molecular flexibility index (Phi) is 13.2. The lowest BCUT2D eigenvalue weighted by Crippen LogP contribution is -2.55. The van der Waals surface area contributed by atoms with E-state index in [4.69, 9.17) is 23.7 Å². The number of aromatic nitrogens is 1. The van der Waals surface area contributed by atoms with Crippen LogP contribution in [0.4, 0.5) is 0 Å². The molecule has 61 heavy (non-hydrogen) atoms. The molecule has 3 aliphatic rings. The highest BCUT2D eigenvalue weighted by molar-refractivity contribution is 5.88. The number of pyridine rings is 1. The zero-order valence-corrected chi connectivity index (χ0v) is 35.7. The molecule has 2 aliphatic heterocycles. The molecule has 1 amide bonds. The highest BCUT2D eigenvalue weighted by Crippen LogP contribution is 2.43. The normalized spacial score (nSPS) is 18.4. The molecule has 1 N–H and O–H groups in total. The number of hydrogen-bond donors (Lipinski definition) is 1. The van der Waals surface area contributed by atoms with Gasteiger partial charge in [0.2, 0.25) is 5.91 Å². The van der Waals surface area contributed by atoms with Gasteiger partial charge in [-0.15, -0.1) is 0 Å². The van der Waals surface area contributed by atoms with E-state index in [-0.39, 0.29) is 24.5 Å². The van der Waals surface area contributed by atoms with Crippen molar-refractivity contribution in [1.82, 2.24) is 15.2 Å². The van der Waals surface area contributed by atoms with Crippen molar-refractivity contribution in [1.29, 1.82) is 0 Å². The van der Waals surface area contributed by atoms with Crippen LogP contribution in [0.5, 0.6) is 28.7 Å². The lowest BCUT2D eigenvalue weighted by Gasteiger charge is -2.42. The standard InChI is InChI=1S/C51H57N3O7/c1-5-44(37-13-7-6-8-14-37)54-31-40-30-48-47(59-32-49(61-48)38-17-21-41(22-18-38)58-26-24-35-11-9-10-12-35)29-39(40)28-45(54)50(55)53-43(51(56)57-4)27-36-15-19-42(20-16-36)60-46-23-25-52-34(3)33(46)2/h6-8,13-23,25,29-30,35,43-45,49H,5,9-12,24,26-28,31-32H2,1-4H3,(H,53,55)/t43?,44-,45-,49+/m0/s1. The molecule has 1 unspecified atom stereocenters. The summed E-state index contributed by atoms with van der Waals surface area (Å²) in [6, 6.07) is 30.4. The number of nitrogens with one attached hydrogen (secondary N) is 1. The predicted octanol–water partition coefficient (Wildman–Crippen LogP) is 9.74. The van der Waals surface area contributed by atoms with Gasteiger partial charge in [0.15, 0.2) is 17.6 Å². The van der Waals surface area contributed by atoms with Gasteiger partial charge in [0.05, 0.1) is 19.8 Å². The van der Waals surface area contributed by atoms with Crippen molar-refractivity contribution >= 4 is 11.9 Å². The fourth-order valence-corrected chi connectivity index (χ4v) is 9.05. The maximum Gasteiger partial charge on any atom is 0.328 e. The van der Waals surface area contributed by atoms with Crippen molar-refractivity contribution in [3.05, 3.63) is 142 Å². The monoisotopic (exact) mass is 823 g/mol. The van der Waals surface area contributed by atoms with Gasteiger partial charge in [0.25, 0.3) is 0 Å². The summed E-state index contributed by atoms with van der Waals surface area (Å²) >= 11 is 0. The number of methoxy groups -OCH3 is 1. The minimum Gasteiger partial charge on any atom is -0.494 e. The van der Waals surface area contributed by atoms with E-state index in [1.807, 2.05) is 80.6 Å². The second-order valence-electron chi connectivity index (χ2n) is 16.6. The molecular formula is C51H57N3O7. The number of carbonyl (C=O) groups excluding carboxylic acids is 2. The lowest BCUT2D eigenvalue weighted by atomic mass is 9.89. The molecule has 10 heteroatoms. The third kappa shape index (κ3) is 9.86. The summed E-state index contributed by atoms with van der Waals surface area (Å²) in [5, 5.41) is 3.10. The number of fused-ring (bicyclic) bond motifs is 2. The zero-order chi connectivity index (χ0) is 42.3. The number of ether oxygens (including phenoxy) is 5. The molecule has 318 valence electrons. The van der Waals surface area contributed by atoms with E-state index in [9.17, 15) is 9.59 Å². The molecule has 0 radical (unpaired) electrons. The molecule has 4 aromatic carbocycles. The Morgan fingerprint density at radius 1 is 0.902 bits per heavy atom. The zero-order valence-electron chi connectivity index (χ0n) is 35.7. The third-order valence-corrected chi connectivity index (χ3v) is 12.7. The van der Waals surface area contributed by atoms with E-state index in [0.717, 1.165) is 75.9 Å². The summed E-state index contributed by atoms with van der Waals surface area (Å²) in [5.41, 5.74) is 6.98. The number of hydrogen-bond acceptors (Lipinski definition) is 9. The van der Waals surface area contributed by atoms with Crippen molar-refractivity contribution in [2.45, 2.75) is 103 Å². The molecule has 5 aromatic rings. The first kappa shape index (κ1) is 41.8. The summed E-state index contributed by atoms with van der Waals surface area (Å²) in [6.07, 6.45) is 9.38. The summed E-state index contributed by atoms with van der Waals surface area (Å²) in [4.78, 5) is 34.5. The number of esters is 1. The van der Waals surface area contributed by atoms with Crippen molar-refractivity contribution in [3.63, 3.8) is 0 Å². The second kappa shape index (κ2) is 19.2. The van der Waals surface area contributed by atoms with E-state index in [2.05, 4.69) is 52.5 Å². The van der Waals surface area contributed by atoms with Gasteiger partial charge in [0.1, 0.15) is 29.9 Å². The van der Waals surface area contributed by atoms with Crippen LogP contribution in [0.15, 0.2) is 103 Å². The summed E-state index contributed by atoms with van der Waals surface area (Å²) in [7, 11) is 1.35. The van der Waals surface area contributed by atoms with E-state index in [1.54, 1.807) is 6.20 Å². The van der Waals surface area contributed by atoms with E-state index in [1.165, 1.54) is 32.8 Å². The van der Waals surface area contributed by atoms with Gasteiger partial charge in [-0.2, -0.15) is 0 Å². The molecule has 8 rings (SSSR count). The Morgan fingerprint density at radius 3 is 2.38 bits per heavy atom. The summed E-state index contributed by atoms with van der Waals surface area (Å²) in [6.45, 7) is 7.69. The molecule has 1 aliphatic carbocycles. The second-order valence-corrected chi connectivity index (χ2v) is 16.6. The van der Waals surface area contributed by atoms with Crippen LogP contribution in [0.2, 0.25) is 0 Å². The molecule has 3 heterocycles. The molecule has 1 aromatic heterocycles. The average molecular weight is 824 g/mol. The van der Waals surface area contributed by atoms with Gasteiger partial charge in [-0.25, -0.2) is 4.79 Å². The molecule has 0 spiro atoms. The first-order valence-electron chi connectivity index (χ1n) is 21.8. The minimum atomic E-state index is -0.899. The third-order valence-electron chi connectivity index (χ3n) is 12.7. The van der Waals surface area contributed by atoms with E-state index >= 15 is 0 Å². The molecule has 1 fully saturated rings.